The third-order valence-electron chi connectivity index (χ3n) is 17.4. The van der Waals surface area contributed by atoms with Gasteiger partial charge in [-0.05, 0) is 166 Å². The van der Waals surface area contributed by atoms with Crippen molar-refractivity contribution < 1.29 is 27.4 Å². The Hall–Kier alpha value is -3.55. The summed E-state index contributed by atoms with van der Waals surface area (Å²) in [7, 11) is 5.43. The van der Waals surface area contributed by atoms with E-state index in [0.29, 0.717) is 86.0 Å². The molecule has 4 aromatic rings. The molecular formula is C68H115N9O6S. The van der Waals surface area contributed by atoms with Gasteiger partial charge in [-0.1, -0.05) is 110 Å². The van der Waals surface area contributed by atoms with E-state index in [-0.39, 0.29) is 48.6 Å². The average Bonchev–Trinajstić information content (AvgIpc) is 3.98. The highest BCUT2D eigenvalue weighted by Gasteiger charge is 2.33. The Balaban J connectivity index is 1.24. The van der Waals surface area contributed by atoms with Crippen molar-refractivity contribution in [1.29, 1.82) is 0 Å². The molecular weight excluding hydrogens is 1070 g/mol. The van der Waals surface area contributed by atoms with Gasteiger partial charge in [-0.3, -0.25) is 29.0 Å². The summed E-state index contributed by atoms with van der Waals surface area (Å²) in [5, 5.41) is 9.31. The average molecular weight is 1190 g/mol. The van der Waals surface area contributed by atoms with Crippen LogP contribution in [0.4, 0.5) is 0 Å². The minimum Gasteiger partial charge on any atom is -0.376 e. The van der Waals surface area contributed by atoms with Crippen LogP contribution in [0.25, 0.3) is 0 Å². The van der Waals surface area contributed by atoms with E-state index in [1.165, 1.54) is 22.3 Å². The first kappa shape index (κ1) is 69.5. The second-order valence-corrected chi connectivity index (χ2v) is 29.3. The van der Waals surface area contributed by atoms with Gasteiger partial charge in [-0.15, -0.1) is 0 Å². The van der Waals surface area contributed by atoms with Gasteiger partial charge in [-0.25, -0.2) is 8.42 Å². The minimum absolute atomic E-state index is 0.0153. The zero-order valence-electron chi connectivity index (χ0n) is 55.4. The smallest absolute Gasteiger partial charge is 0.246 e. The summed E-state index contributed by atoms with van der Waals surface area (Å²) in [5.41, 5.74) is 7.21. The molecule has 0 aliphatic carbocycles. The Labute approximate surface area is 510 Å². The SMILES string of the molecule is Cc1cnn(Cc2ccc(C[C@@H]3CN(C)[C@@H](CC(C)C)CO[C@H](C)CN(C)[C@@H](CC(C)C)CO[C@H](Cc4ccc(Cn5nc(C)c(S(=O)(=O)N6CCCCC6)c5C)cc4)CN(C)[C@@H](CC(C)C)CO[C@H](C)CN(C)[C@@H](CC(C)C)CO3)cc2)c1. The molecule has 4 heterocycles. The minimum atomic E-state index is -3.61. The molecule has 2 aliphatic rings. The fourth-order valence-corrected chi connectivity index (χ4v) is 14.6. The van der Waals surface area contributed by atoms with Crippen molar-refractivity contribution >= 4 is 10.0 Å². The normalized spacial score (nSPS) is 25.3. The highest BCUT2D eigenvalue weighted by atomic mass is 32.2. The number of rotatable bonds is 18. The molecule has 0 radical (unpaired) electrons. The number of aryl methyl sites for hydroxylation is 2. The zero-order chi connectivity index (χ0) is 61.3. The van der Waals surface area contributed by atoms with Crippen LogP contribution in [0.1, 0.15) is 153 Å². The summed E-state index contributed by atoms with van der Waals surface area (Å²) in [6.45, 7) is 36.9. The van der Waals surface area contributed by atoms with Crippen molar-refractivity contribution in [3.63, 3.8) is 0 Å². The Bertz CT molecular complexity index is 2600. The summed E-state index contributed by atoms with van der Waals surface area (Å²) in [4.78, 5) is 10.3. The predicted octanol–water partition coefficient (Wildman–Crippen LogP) is 11.0. The van der Waals surface area contributed by atoms with Gasteiger partial charge >= 0.3 is 0 Å². The first-order valence-electron chi connectivity index (χ1n) is 32.3. The van der Waals surface area contributed by atoms with Gasteiger partial charge in [0.05, 0.1) is 81.5 Å². The Morgan fingerprint density at radius 1 is 0.524 bits per heavy atom. The van der Waals surface area contributed by atoms with Crippen molar-refractivity contribution in [2.45, 2.75) is 214 Å². The van der Waals surface area contributed by atoms with E-state index >= 15 is 0 Å². The van der Waals surface area contributed by atoms with E-state index in [4.69, 9.17) is 24.0 Å². The van der Waals surface area contributed by atoms with E-state index in [9.17, 15) is 8.42 Å². The van der Waals surface area contributed by atoms with E-state index in [1.54, 1.807) is 4.31 Å². The molecule has 474 valence electrons. The van der Waals surface area contributed by atoms with Crippen molar-refractivity contribution in [3.8, 4) is 0 Å². The van der Waals surface area contributed by atoms with E-state index < -0.39 is 10.0 Å². The van der Waals surface area contributed by atoms with Gasteiger partial charge in [0.1, 0.15) is 4.90 Å². The van der Waals surface area contributed by atoms with Gasteiger partial charge in [-0.2, -0.15) is 14.5 Å². The predicted molar refractivity (Wildman–Crippen MR) is 344 cm³/mol. The number of benzene rings is 2. The molecule has 16 heteroatoms. The molecule has 2 saturated heterocycles. The van der Waals surface area contributed by atoms with Crippen LogP contribution in [0, 0.1) is 44.4 Å². The first-order chi connectivity index (χ1) is 39.8. The number of nitrogens with zero attached hydrogens (tertiary/aromatic N) is 9. The van der Waals surface area contributed by atoms with Crippen LogP contribution in [0.5, 0.6) is 0 Å². The van der Waals surface area contributed by atoms with Crippen LogP contribution in [0.15, 0.2) is 65.8 Å². The standard InChI is InChI=1S/C68H115N9O6S/c1-49(2)31-62-45-80-55(11)40-72(15)65(34-52(7)8)48-83-67(36-59-23-27-61(28-24-59)42-77-57(13)68(56(12)70-77)84(78,79)76-29-19-18-20-30-76)44-74(17)63(32-50(3)4)46-81-54(10)39-71(14)64(33-51(5)6)47-82-66(43-73(62)16)35-58-21-25-60(26-22-58)41-75-38-53(9)37-69-75/h21-28,37-38,49-52,54-55,62-67H,18-20,29-36,39-48H2,1-17H3/t54-,55-,62+,63+,64+,65+,66-,67-/m1/s1. The number of aromatic nitrogens is 4. The van der Waals surface area contributed by atoms with Crippen LogP contribution in [-0.2, 0) is 54.9 Å². The number of sulfonamides is 1. The molecule has 2 aromatic carbocycles. The number of hydrogen-bond donors (Lipinski definition) is 0. The summed E-state index contributed by atoms with van der Waals surface area (Å²) in [6.07, 6.45) is 12.5. The molecule has 0 amide bonds. The number of ether oxygens (including phenoxy) is 4. The summed E-state index contributed by atoms with van der Waals surface area (Å²) in [5.74, 6) is 1.98. The van der Waals surface area contributed by atoms with Crippen molar-refractivity contribution in [2.24, 2.45) is 23.7 Å². The fraction of sp³-hybridized carbons (Fsp3) is 0.735. The van der Waals surface area contributed by atoms with Crippen molar-refractivity contribution in [3.05, 3.63) is 100 Å². The van der Waals surface area contributed by atoms with Gasteiger partial charge in [0.2, 0.25) is 10.0 Å². The monoisotopic (exact) mass is 1190 g/mol. The number of hydrogen-bond acceptors (Lipinski definition) is 12. The molecule has 84 heavy (non-hydrogen) atoms. The zero-order valence-corrected chi connectivity index (χ0v) is 56.3. The maximum absolute atomic E-state index is 13.8. The quantitative estimate of drug-likeness (QED) is 0.0942. The molecule has 8 atom stereocenters. The maximum atomic E-state index is 13.8. The van der Waals surface area contributed by atoms with E-state index in [1.807, 2.05) is 29.4 Å². The van der Waals surface area contributed by atoms with Crippen LogP contribution in [0.2, 0.25) is 0 Å². The second-order valence-electron chi connectivity index (χ2n) is 27.5. The fourth-order valence-electron chi connectivity index (χ4n) is 12.7. The van der Waals surface area contributed by atoms with Crippen LogP contribution >= 0.6 is 0 Å². The molecule has 0 spiro atoms. The highest BCUT2D eigenvalue weighted by Crippen LogP contribution is 2.28. The van der Waals surface area contributed by atoms with Crippen LogP contribution in [-0.4, -0.2) is 194 Å². The molecule has 0 unspecified atom stereocenters. The molecule has 0 bridgehead atoms. The van der Waals surface area contributed by atoms with Crippen LogP contribution in [0.3, 0.4) is 0 Å². The highest BCUT2D eigenvalue weighted by molar-refractivity contribution is 7.89. The van der Waals surface area contributed by atoms with Gasteiger partial charge in [0.15, 0.2) is 0 Å². The van der Waals surface area contributed by atoms with Crippen molar-refractivity contribution in [1.82, 2.24) is 43.5 Å². The van der Waals surface area contributed by atoms with E-state index in [2.05, 4.69) is 184 Å². The molecule has 15 nitrogen and oxygen atoms in total. The van der Waals surface area contributed by atoms with E-state index in [0.717, 1.165) is 96.1 Å². The topological polar surface area (TPSA) is 123 Å². The molecule has 6 rings (SSSR count). The molecule has 2 aromatic heterocycles. The van der Waals surface area contributed by atoms with Gasteiger partial charge < -0.3 is 18.9 Å². The van der Waals surface area contributed by atoms with Crippen LogP contribution < -0.4 is 0 Å². The molecule has 2 aliphatic heterocycles. The van der Waals surface area contributed by atoms with Crippen molar-refractivity contribution in [2.75, 3.05) is 93.9 Å². The summed E-state index contributed by atoms with van der Waals surface area (Å²) in [6, 6.07) is 18.7. The third kappa shape index (κ3) is 22.2. The lowest BCUT2D eigenvalue weighted by atomic mass is 10.0. The molecule has 2 fully saturated rings. The lowest BCUT2D eigenvalue weighted by Crippen LogP contribution is -2.47. The lowest BCUT2D eigenvalue weighted by Gasteiger charge is -2.37. The first-order valence-corrected chi connectivity index (χ1v) is 33.7. The number of likely N-dealkylation sites (N-methyl/N-ethyl adjacent to an activating group) is 4. The van der Waals surface area contributed by atoms with Gasteiger partial charge in [0.25, 0.3) is 0 Å². The Morgan fingerprint density at radius 3 is 1.30 bits per heavy atom. The Kier molecular flexibility index (Phi) is 27.9. The maximum Gasteiger partial charge on any atom is 0.246 e. The number of piperidine rings is 1. The largest absolute Gasteiger partial charge is 0.376 e. The van der Waals surface area contributed by atoms with Gasteiger partial charge in [0, 0.05) is 69.6 Å². The molecule has 0 saturated carbocycles. The lowest BCUT2D eigenvalue weighted by molar-refractivity contribution is -0.0536. The second kappa shape index (κ2) is 33.7. The third-order valence-corrected chi connectivity index (χ3v) is 19.5. The summed E-state index contributed by atoms with van der Waals surface area (Å²) >= 11 is 0. The molecule has 0 N–H and O–H groups in total. The summed E-state index contributed by atoms with van der Waals surface area (Å²) < 4.78 is 61.5. The Morgan fingerprint density at radius 2 is 0.905 bits per heavy atom.